The van der Waals surface area contributed by atoms with Crippen LogP contribution in [0.3, 0.4) is 0 Å². The van der Waals surface area contributed by atoms with Crippen molar-refractivity contribution in [3.05, 3.63) is 36.5 Å². The summed E-state index contributed by atoms with van der Waals surface area (Å²) in [4.78, 5) is 36.5. The Bertz CT molecular complexity index is 906. The first-order valence-corrected chi connectivity index (χ1v) is 19.5. The minimum atomic E-state index is -1.13. The number of esters is 2. The molecule has 8 heteroatoms. The number of carbonyl (C=O) groups excluding carboxylic acids is 3. The van der Waals surface area contributed by atoms with Gasteiger partial charge in [-0.3, -0.25) is 9.59 Å². The maximum atomic E-state index is 12.5. The largest absolute Gasteiger partial charge is 0.544 e. The van der Waals surface area contributed by atoms with Crippen molar-refractivity contribution in [3.8, 4) is 0 Å². The molecule has 0 aromatic rings. The maximum Gasteiger partial charge on any atom is 0.306 e. The molecular formula is C41H73NO7. The van der Waals surface area contributed by atoms with Gasteiger partial charge in [0.1, 0.15) is 12.6 Å². The number of rotatable bonds is 34. The Kier molecular flexibility index (Phi) is 31.1. The molecule has 0 saturated carbocycles. The molecule has 0 rings (SSSR count). The van der Waals surface area contributed by atoms with Gasteiger partial charge in [-0.25, -0.2) is 0 Å². The van der Waals surface area contributed by atoms with Crippen LogP contribution in [0.5, 0.6) is 0 Å². The molecule has 2 unspecified atom stereocenters. The summed E-state index contributed by atoms with van der Waals surface area (Å²) in [7, 11) is 5.38. The van der Waals surface area contributed by atoms with Crippen molar-refractivity contribution in [3.63, 3.8) is 0 Å². The molecule has 0 aliphatic rings. The lowest BCUT2D eigenvalue weighted by atomic mass is 10.1. The number of aliphatic carboxylic acids is 1. The van der Waals surface area contributed by atoms with Gasteiger partial charge in [-0.2, -0.15) is 0 Å². The van der Waals surface area contributed by atoms with Crippen LogP contribution in [-0.4, -0.2) is 75.5 Å². The van der Waals surface area contributed by atoms with Crippen molar-refractivity contribution in [1.29, 1.82) is 0 Å². The van der Waals surface area contributed by atoms with E-state index >= 15 is 0 Å². The average molecular weight is 692 g/mol. The monoisotopic (exact) mass is 692 g/mol. The molecule has 0 bridgehead atoms. The Morgan fingerprint density at radius 2 is 1.12 bits per heavy atom. The van der Waals surface area contributed by atoms with E-state index in [0.29, 0.717) is 12.8 Å². The summed E-state index contributed by atoms with van der Waals surface area (Å²) in [6.07, 6.45) is 34.7. The summed E-state index contributed by atoms with van der Waals surface area (Å²) in [6.45, 7) is 4.52. The van der Waals surface area contributed by atoms with E-state index < -0.39 is 18.1 Å². The molecular weight excluding hydrogens is 618 g/mol. The van der Waals surface area contributed by atoms with Crippen molar-refractivity contribution < 1.29 is 38.2 Å². The van der Waals surface area contributed by atoms with Gasteiger partial charge in [0.2, 0.25) is 0 Å². The molecule has 0 radical (unpaired) electrons. The normalized spacial score (nSPS) is 13.4. The van der Waals surface area contributed by atoms with Crippen LogP contribution in [0.2, 0.25) is 0 Å². The highest BCUT2D eigenvalue weighted by Crippen LogP contribution is 2.12. The third-order valence-electron chi connectivity index (χ3n) is 8.51. The van der Waals surface area contributed by atoms with Crippen molar-refractivity contribution >= 4 is 17.9 Å². The summed E-state index contributed by atoms with van der Waals surface area (Å²) in [5.74, 6) is -1.82. The fourth-order valence-corrected chi connectivity index (χ4v) is 5.41. The Hall–Kier alpha value is -2.45. The van der Waals surface area contributed by atoms with E-state index in [-0.39, 0.29) is 49.1 Å². The molecule has 8 nitrogen and oxygen atoms in total. The first-order valence-electron chi connectivity index (χ1n) is 19.5. The lowest BCUT2D eigenvalue weighted by molar-refractivity contribution is -0.889. The lowest BCUT2D eigenvalue weighted by Crippen LogP contribution is -2.55. The number of carbonyl (C=O) groups is 3. The van der Waals surface area contributed by atoms with Gasteiger partial charge in [0, 0.05) is 19.3 Å². The van der Waals surface area contributed by atoms with Crippen LogP contribution in [0.1, 0.15) is 155 Å². The Labute approximate surface area is 300 Å². The fourth-order valence-electron chi connectivity index (χ4n) is 5.41. The van der Waals surface area contributed by atoms with Gasteiger partial charge >= 0.3 is 11.9 Å². The number of allylic oxidation sites excluding steroid dienone is 6. The summed E-state index contributed by atoms with van der Waals surface area (Å²) < 4.78 is 17.0. The quantitative estimate of drug-likeness (QED) is 0.0288. The molecule has 0 spiro atoms. The Balaban J connectivity index is 4.35. The van der Waals surface area contributed by atoms with Crippen LogP contribution >= 0.6 is 0 Å². The lowest BCUT2D eigenvalue weighted by Gasteiger charge is -2.34. The van der Waals surface area contributed by atoms with Crippen molar-refractivity contribution in [2.24, 2.45) is 0 Å². The van der Waals surface area contributed by atoms with Gasteiger partial charge in [-0.15, -0.1) is 0 Å². The molecule has 284 valence electrons. The topological polar surface area (TPSA) is 102 Å². The average Bonchev–Trinajstić information content (AvgIpc) is 3.05. The van der Waals surface area contributed by atoms with Gasteiger partial charge in [0.25, 0.3) is 0 Å². The number of quaternary nitrogens is 1. The second kappa shape index (κ2) is 32.7. The van der Waals surface area contributed by atoms with Crippen LogP contribution in [0.25, 0.3) is 0 Å². The van der Waals surface area contributed by atoms with E-state index in [2.05, 4.69) is 44.2 Å². The predicted molar refractivity (Wildman–Crippen MR) is 199 cm³/mol. The third-order valence-corrected chi connectivity index (χ3v) is 8.51. The minimum Gasteiger partial charge on any atom is -0.544 e. The van der Waals surface area contributed by atoms with E-state index in [1.807, 2.05) is 6.08 Å². The number of nitrogens with zero attached hydrogens (tertiary/aromatic N) is 1. The van der Waals surface area contributed by atoms with Crippen molar-refractivity contribution in [2.75, 3.05) is 41.0 Å². The Morgan fingerprint density at radius 3 is 1.71 bits per heavy atom. The van der Waals surface area contributed by atoms with Crippen LogP contribution in [-0.2, 0) is 28.6 Å². The van der Waals surface area contributed by atoms with Crippen LogP contribution in [0.4, 0.5) is 0 Å². The van der Waals surface area contributed by atoms with Crippen LogP contribution in [0, 0.1) is 0 Å². The van der Waals surface area contributed by atoms with Gasteiger partial charge in [-0.05, 0) is 57.8 Å². The summed E-state index contributed by atoms with van der Waals surface area (Å²) in [5, 5.41) is 11.6. The first-order chi connectivity index (χ1) is 23.6. The van der Waals surface area contributed by atoms with E-state index in [0.717, 1.165) is 44.9 Å². The zero-order valence-corrected chi connectivity index (χ0v) is 32.1. The smallest absolute Gasteiger partial charge is 0.306 e. The van der Waals surface area contributed by atoms with Crippen molar-refractivity contribution in [2.45, 2.75) is 167 Å². The van der Waals surface area contributed by atoms with Gasteiger partial charge in [0.15, 0.2) is 6.10 Å². The van der Waals surface area contributed by atoms with Crippen LogP contribution in [0.15, 0.2) is 36.5 Å². The summed E-state index contributed by atoms with van der Waals surface area (Å²) in [5.41, 5.74) is 0. The van der Waals surface area contributed by atoms with E-state index in [1.165, 1.54) is 70.6 Å². The molecule has 0 fully saturated rings. The molecule has 0 heterocycles. The number of hydrogen-bond donors (Lipinski definition) is 0. The minimum absolute atomic E-state index is 0.0230. The highest BCUT2D eigenvalue weighted by Gasteiger charge is 2.25. The molecule has 0 aliphatic carbocycles. The Morgan fingerprint density at radius 1 is 0.612 bits per heavy atom. The van der Waals surface area contributed by atoms with E-state index in [1.54, 1.807) is 21.1 Å². The maximum absolute atomic E-state index is 12.5. The summed E-state index contributed by atoms with van der Waals surface area (Å²) >= 11 is 0. The number of unbranched alkanes of at least 4 members (excludes halogenated alkanes) is 14. The number of ether oxygens (including phenoxy) is 3. The number of likely N-dealkylation sites (N-methyl/N-ethyl adjacent to an activating group) is 1. The predicted octanol–water partition coefficient (Wildman–Crippen LogP) is 8.57. The standard InChI is InChI=1S/C41H73NO7/c1-6-8-10-12-14-16-17-18-19-20-21-22-23-24-26-27-29-31-39(43)48-36-37(35-47-34-33-38(41(45)46)42(3,4)5)49-40(44)32-30-28-25-15-13-11-9-7-2/h14,16,18-19,25,28,37-38H,6-13,15,17,20-24,26-27,29-36H2,1-5H3/b16-14+,19-18+,28-25+. The van der Waals surface area contributed by atoms with E-state index in [9.17, 15) is 19.5 Å². The van der Waals surface area contributed by atoms with Crippen molar-refractivity contribution in [1.82, 2.24) is 0 Å². The molecule has 0 aromatic heterocycles. The second-order valence-electron chi connectivity index (χ2n) is 14.2. The molecule has 2 atom stereocenters. The molecule has 49 heavy (non-hydrogen) atoms. The number of carboxylic acids is 1. The third kappa shape index (κ3) is 31.3. The van der Waals surface area contributed by atoms with Gasteiger partial charge < -0.3 is 28.6 Å². The van der Waals surface area contributed by atoms with Gasteiger partial charge in [0.05, 0.1) is 40.3 Å². The molecule has 0 amide bonds. The summed E-state index contributed by atoms with van der Waals surface area (Å²) in [6, 6.07) is -0.729. The molecule has 0 saturated heterocycles. The molecule has 0 aromatic carbocycles. The second-order valence-corrected chi connectivity index (χ2v) is 14.2. The van der Waals surface area contributed by atoms with Crippen LogP contribution < -0.4 is 5.11 Å². The zero-order valence-electron chi connectivity index (χ0n) is 32.1. The SMILES string of the molecule is CCCCC/C=C/C/C=C/CCCCCCCCCC(=O)OCC(COCCC(C(=O)[O-])[N+](C)(C)C)OC(=O)CC/C=C/CCCCCC. The zero-order chi connectivity index (χ0) is 36.4. The number of carboxylic acid groups (broad SMARTS) is 1. The molecule has 0 N–H and O–H groups in total. The fraction of sp³-hybridized carbons (Fsp3) is 0.780. The highest BCUT2D eigenvalue weighted by atomic mass is 16.6. The first kappa shape index (κ1) is 46.5. The van der Waals surface area contributed by atoms with Gasteiger partial charge in [-0.1, -0.05) is 115 Å². The molecule has 0 aliphatic heterocycles. The highest BCUT2D eigenvalue weighted by molar-refractivity contribution is 5.70. The van der Waals surface area contributed by atoms with E-state index in [4.69, 9.17) is 14.2 Å². The number of hydrogen-bond acceptors (Lipinski definition) is 7.